The molecule has 7 fully saturated rings. The summed E-state index contributed by atoms with van der Waals surface area (Å²) in [5.74, 6) is 3.87. The standard InChI is InChI=1S/C38H46N8O5S.C26H32N8O.C23H22ClN5O3S.C21H36BN3O4.CH4.19H2.H/c1-24-8-10-29(11-9-24)52(48,49)45-17-14-30-31(21-39-22-33(30)45)36-40-32(20-34(41-36)44-18-19-50-23-25(44)2)35-26(3)42-46(27(35)4)28-12-15-43(16-13-28)37(47)51-38(5,6)7;1-16-15-35-11-10-33(16)24-12-22(25-17(2)32-34(18(25)3)19-4-7-27-8-5-19)30-26(31-24)21-13-28-14-23-20(21)6-9-29-23;1-15-3-5-17(6-4-15)33(30,31)29-8-7-18-19(12-25-13-20(18)29)23-26-21(24)11-22(27-23)28-9-10-32-14-16(28)2;1-14-17(22-28-20(6,7)21(8,9)29-22)15(2)25(23-14)16-10-12-24(13-11-16)18(26)27-19(3,4)5;;;;;;;;;;;;;;;;;;;;;/h8-11,14,17,20-22,25,28H,12-13,15-16,18-19,23H2,1-7H3;6,9,12-14,16,19,27,29H,4-5,7-8,10-11,15H2,1-3H3;3-8,11-13,16H,9-10,14H2,1-2H3;16H,10-13H2,1-9H3;1H4;19*1H;/q;;;;;;;;;;;;;;;;;;;;;;;;-1/t25-;2*16-;;;;;;;;;;;;;;;;;;;;;;/m111....................../s1/i;;;;;18*1+1D;2*1+1. The first-order valence-electron chi connectivity index (χ1n) is 69.4. The molecule has 0 radical (unpaired) electrons. The van der Waals surface area contributed by atoms with Crippen molar-refractivity contribution in [1.29, 1.82) is 0 Å². The minimum Gasteiger partial charge on any atom is -1.00 e. The maximum Gasteiger partial charge on any atom is 0.498 e. The summed E-state index contributed by atoms with van der Waals surface area (Å²) >= 11 is 6.36. The molecule has 12 aromatic heterocycles. The number of benzene rings is 2. The van der Waals surface area contributed by atoms with Crippen LogP contribution in [0.15, 0.2) is 150 Å². The first-order valence-corrected chi connectivity index (χ1v) is 54.7. The Hall–Kier alpha value is -12.7. The monoisotopic (exact) mass is 2180 g/mol. The quantitative estimate of drug-likeness (QED) is 0.0670. The summed E-state index contributed by atoms with van der Waals surface area (Å²) < 4.78 is 284. The van der Waals surface area contributed by atoms with Crippen molar-refractivity contribution in [3.05, 3.63) is 191 Å². The molecule has 2 aromatic carbocycles. The molecule has 836 valence electrons. The van der Waals surface area contributed by atoms with Crippen LogP contribution in [0.3, 0.4) is 0 Å². The molecule has 37 nitrogen and oxygen atoms in total. The van der Waals surface area contributed by atoms with Gasteiger partial charge in [-0.1, -0.05) is 54.4 Å². The van der Waals surface area contributed by atoms with Gasteiger partial charge in [-0.15, -0.1) is 0 Å². The highest BCUT2D eigenvalue weighted by Crippen LogP contribution is 2.43. The van der Waals surface area contributed by atoms with E-state index >= 15 is 0 Å². The van der Waals surface area contributed by atoms with Crippen molar-refractivity contribution in [2.24, 2.45) is 0 Å². The molecule has 7 aliphatic rings. The molecule has 7 saturated heterocycles. The fourth-order valence-corrected chi connectivity index (χ4v) is 23.4. The first kappa shape index (κ1) is 87.0. The molecule has 21 rings (SSSR count). The number of carbonyl (C=O) groups is 2. The van der Waals surface area contributed by atoms with Gasteiger partial charge in [0.1, 0.15) is 33.8 Å². The minimum atomic E-state index is -3.88. The number of nitrogens with one attached hydrogen (secondary N) is 2. The average Bonchev–Trinajstić information content (AvgIpc) is 1.60. The number of pyridine rings is 3. The van der Waals surface area contributed by atoms with Crippen LogP contribution in [-0.2, 0) is 53.0 Å². The number of aryl methyl sites for hydroxylation is 5. The number of rotatable bonds is 16. The number of hydrogen-bond donors (Lipinski definition) is 2. The van der Waals surface area contributed by atoms with Crippen LogP contribution in [0, 0.1) is 55.4 Å². The normalized spacial score (nSPS) is 19.6. The van der Waals surface area contributed by atoms with E-state index in [1.54, 1.807) is 101 Å². The van der Waals surface area contributed by atoms with Crippen LogP contribution in [0.25, 0.3) is 89.4 Å². The van der Waals surface area contributed by atoms with Gasteiger partial charge in [-0.25, -0.2) is 64.3 Å². The van der Waals surface area contributed by atoms with Gasteiger partial charge in [0, 0.05) is 223 Å². The maximum atomic E-state index is 13.8. The third kappa shape index (κ3) is 22.8. The Morgan fingerprint density at radius 1 is 0.473 bits per heavy atom. The molecule has 14 aromatic rings. The number of aromatic amines is 1. The largest absolute Gasteiger partial charge is 1.00 e. The third-order valence-corrected chi connectivity index (χ3v) is 32.8. The lowest BCUT2D eigenvalue weighted by atomic mass is 9.77. The summed E-state index contributed by atoms with van der Waals surface area (Å²) in [4.78, 5) is 81.7. The van der Waals surface area contributed by atoms with E-state index in [0.29, 0.717) is 146 Å². The smallest absolute Gasteiger partial charge is 0.498 e. The van der Waals surface area contributed by atoms with Gasteiger partial charge in [0.25, 0.3) is 20.0 Å². The van der Waals surface area contributed by atoms with Gasteiger partial charge in [0.2, 0.25) is 0 Å². The van der Waals surface area contributed by atoms with Gasteiger partial charge in [-0.2, -0.15) is 15.3 Å². The van der Waals surface area contributed by atoms with Crippen LogP contribution in [0.4, 0.5) is 27.0 Å². The zero-order chi connectivity index (χ0) is 142. The molecule has 0 bridgehead atoms. The van der Waals surface area contributed by atoms with Gasteiger partial charge in [-0.3, -0.25) is 29.0 Å². The van der Waals surface area contributed by atoms with E-state index in [0.717, 1.165) is 160 Å². The number of amides is 2. The molecular formula is C109H179BClN24O13S2-. The molecule has 2 N–H and O–H groups in total. The van der Waals surface area contributed by atoms with E-state index in [2.05, 4.69) is 147 Å². The third-order valence-electron chi connectivity index (χ3n) is 29.2. The number of likely N-dealkylation sites (tertiary alicyclic amines) is 2. The van der Waals surface area contributed by atoms with Gasteiger partial charge < -0.3 is 69.2 Å². The second-order valence-electron chi connectivity index (χ2n) is 42.8. The van der Waals surface area contributed by atoms with Crippen LogP contribution in [0.1, 0.15) is 256 Å². The molecule has 150 heavy (non-hydrogen) atoms. The molecule has 0 spiro atoms. The molecule has 19 heterocycles. The van der Waals surface area contributed by atoms with Gasteiger partial charge in [0.05, 0.1) is 160 Å². The van der Waals surface area contributed by atoms with Crippen LogP contribution in [0.2, 0.25) is 5.15 Å². The Labute approximate surface area is 942 Å². The number of nitrogens with zero attached hydrogens (tertiary/aromatic N) is 22. The number of aromatic nitrogens is 18. The predicted molar refractivity (Wildman–Crippen MR) is 624 cm³/mol. The van der Waals surface area contributed by atoms with E-state index in [1.807, 2.05) is 93.9 Å². The topological polar surface area (TPSA) is 390 Å². The summed E-state index contributed by atoms with van der Waals surface area (Å²) in [6.45, 7) is 52.6. The summed E-state index contributed by atoms with van der Waals surface area (Å²) in [6.07, 6.45) is 20.0. The van der Waals surface area contributed by atoms with Crippen LogP contribution in [-0.4, -0.2) is 272 Å². The predicted octanol–water partition coefficient (Wildman–Crippen LogP) is 22.7. The van der Waals surface area contributed by atoms with E-state index in [1.165, 1.54) is 20.3 Å². The Bertz CT molecular complexity index is 7620. The molecular weight excluding hydrogens is 1960 g/mol. The lowest BCUT2D eigenvalue weighted by molar-refractivity contribution is 0.00578. The first-order chi connectivity index (χ1) is 88.9. The molecule has 3 atom stereocenters. The zero-order valence-corrected chi connectivity index (χ0v) is 91.4. The average molecular weight is 2180 g/mol. The summed E-state index contributed by atoms with van der Waals surface area (Å²) in [5.41, 5.74) is 14.9. The number of fused-ring (bicyclic) bond motifs is 3. The van der Waals surface area contributed by atoms with E-state index < -0.39 is 38.4 Å². The molecule has 41 heteroatoms. The van der Waals surface area contributed by atoms with Crippen molar-refractivity contribution < 1.29 is 116 Å². The molecule has 0 aliphatic carbocycles. The van der Waals surface area contributed by atoms with E-state index in [-0.39, 0.29) is 73.7 Å². The Balaban J connectivity index is -0.00000112. The van der Waals surface area contributed by atoms with E-state index in [4.69, 9.17) is 138 Å². The Kier molecular flexibility index (Phi) is 25.5. The number of hydrogen-bond acceptors (Lipinski definition) is 29. The van der Waals surface area contributed by atoms with Crippen molar-refractivity contribution in [3.63, 3.8) is 0 Å². The Morgan fingerprint density at radius 3 is 1.25 bits per heavy atom. The Morgan fingerprint density at radius 2 is 0.847 bits per heavy atom. The fourth-order valence-electron chi connectivity index (χ4n) is 20.6. The molecule has 0 saturated carbocycles. The lowest BCUT2D eigenvalue weighted by Gasteiger charge is -2.34. The number of piperidine rings is 3. The van der Waals surface area contributed by atoms with E-state index in [9.17, 15) is 26.4 Å². The summed E-state index contributed by atoms with van der Waals surface area (Å²) in [5, 5.41) is 21.0. The molecule has 7 aliphatic heterocycles. The summed E-state index contributed by atoms with van der Waals surface area (Å²) in [7, 11) is -8.08. The highest BCUT2D eigenvalue weighted by atomic mass is 35.5. The number of H-pyrrole nitrogens is 1. The van der Waals surface area contributed by atoms with Crippen molar-refractivity contribution in [1.82, 2.24) is 102 Å². The number of carbonyl (C=O) groups excluding carboxylic acids is 2. The van der Waals surface area contributed by atoms with Crippen LogP contribution in [0.5, 0.6) is 0 Å². The van der Waals surface area contributed by atoms with Gasteiger partial charge in [0.15, 0.2) is 17.5 Å². The van der Waals surface area contributed by atoms with Crippen molar-refractivity contribution in [3.8, 4) is 56.7 Å². The number of morpholine rings is 3. The second kappa shape index (κ2) is 44.0. The van der Waals surface area contributed by atoms with Gasteiger partial charge >= 0.3 is 19.3 Å². The molecule has 2 amide bonds. The number of halogens is 1. The highest BCUT2D eigenvalue weighted by Gasteiger charge is 2.54. The number of anilines is 3. The minimum absolute atomic E-state index is 0. The van der Waals surface area contributed by atoms with Crippen molar-refractivity contribution in [2.45, 2.75) is 260 Å². The van der Waals surface area contributed by atoms with Crippen LogP contribution >= 0.6 is 11.6 Å². The fraction of sp³-hybridized carbons (Fsp3) is 0.486. The van der Waals surface area contributed by atoms with Crippen molar-refractivity contribution >= 4 is 107 Å². The highest BCUT2D eigenvalue weighted by molar-refractivity contribution is 7.90. The van der Waals surface area contributed by atoms with Crippen molar-refractivity contribution in [2.75, 3.05) is 113 Å². The lowest BCUT2D eigenvalue weighted by Crippen LogP contribution is -2.44. The maximum absolute atomic E-state index is 13.8. The molecule has 0 unspecified atom stereocenters. The summed E-state index contributed by atoms with van der Waals surface area (Å²) in [6, 6.07) is 26.2. The number of ether oxygens (including phenoxy) is 5. The van der Waals surface area contributed by atoms with Gasteiger partial charge in [-0.05, 0) is 239 Å². The SMILES string of the molecule is C.Cc1ccc(S(=O)(=O)n2ccc3c(-c4nc(-c5c(C)nn(C6CCN(C(=O)OC(C)(C)C)CC6)c5C)cc(N5CCOC[C@H]5C)n4)cncc32)cc1.Cc1ccc(S(=O)(=O)n2ccc3c(-c4nc(Cl)cc(N5CCOC[C@H]5C)n4)cncc32)cc1.Cc1nn(C2CCN(C(=O)OC(C)(C)C)CC2)c(C)c1B1OC(C)(C)C(C)(C)O1.Cc1nn(C2CCNCC2)c(C)c1-c1cc(N2CCOC[C@H]2C)nc(-c2cncc3[nH]ccc23)n1.[2H-].[2HH].[2H][2H].[2H][2H].[2H][2H].[2H][2H].[2H][2H].[2H][2H].[2H][2H].[2H][2H].[2H][2H].[2H][2H].[2H][2H].[2H][2H].[2H][2H].[2H][2H].[2H][2H].[2H][2H].[2H][2H].[2H][2H]. The van der Waals surface area contributed by atoms with Crippen LogP contribution < -0.4 is 25.5 Å². The second-order valence-corrected chi connectivity index (χ2v) is 46.8. The zero-order valence-electron chi connectivity index (χ0n) is 126.